The lowest BCUT2D eigenvalue weighted by Crippen LogP contribution is -2.25. The highest BCUT2D eigenvalue weighted by molar-refractivity contribution is 5.72. The molecule has 2 aromatic heterocycles. The molecule has 24 heavy (non-hydrogen) atoms. The summed E-state index contributed by atoms with van der Waals surface area (Å²) in [5, 5.41) is 14.1. The lowest BCUT2D eigenvalue weighted by molar-refractivity contribution is 0.242. The number of phenols is 1. The quantitative estimate of drug-likeness (QED) is 0.765. The number of hydrogen-bond donors (Lipinski definition) is 2. The molecule has 1 aromatic carbocycles. The number of aromatic hydroxyl groups is 1. The SMILES string of the molecule is Cn1ncc2c(=O)[nH]c(CN3CCCC3c3ccc(O)cc3)nc21. The number of benzene rings is 1. The zero-order valence-electron chi connectivity index (χ0n) is 13.4. The zero-order valence-corrected chi connectivity index (χ0v) is 13.4. The Labute approximate surface area is 138 Å². The van der Waals surface area contributed by atoms with Gasteiger partial charge in [-0.25, -0.2) is 4.98 Å². The van der Waals surface area contributed by atoms with Crippen LogP contribution in [0.5, 0.6) is 5.75 Å². The Kier molecular flexibility index (Phi) is 3.57. The Morgan fingerprint density at radius 2 is 2.12 bits per heavy atom. The molecule has 4 rings (SSSR count). The molecule has 0 bridgehead atoms. The third-order valence-corrected chi connectivity index (χ3v) is 4.65. The fourth-order valence-electron chi connectivity index (χ4n) is 3.43. The molecule has 1 aliphatic heterocycles. The van der Waals surface area contributed by atoms with Crippen molar-refractivity contribution in [1.82, 2.24) is 24.6 Å². The number of H-pyrrole nitrogens is 1. The molecule has 7 heteroatoms. The predicted octanol–water partition coefficient (Wildman–Crippen LogP) is 1.70. The summed E-state index contributed by atoms with van der Waals surface area (Å²) in [6, 6.07) is 7.62. The maximum absolute atomic E-state index is 12.2. The van der Waals surface area contributed by atoms with E-state index in [1.807, 2.05) is 12.1 Å². The molecule has 1 fully saturated rings. The number of nitrogens with zero attached hydrogens (tertiary/aromatic N) is 4. The van der Waals surface area contributed by atoms with Gasteiger partial charge in [-0.1, -0.05) is 12.1 Å². The highest BCUT2D eigenvalue weighted by atomic mass is 16.3. The maximum Gasteiger partial charge on any atom is 0.262 e. The van der Waals surface area contributed by atoms with Gasteiger partial charge in [0.15, 0.2) is 5.65 Å². The molecule has 124 valence electrons. The number of aryl methyl sites for hydroxylation is 1. The molecule has 0 amide bonds. The Hall–Kier alpha value is -2.67. The fourth-order valence-corrected chi connectivity index (χ4v) is 3.43. The van der Waals surface area contributed by atoms with Gasteiger partial charge in [0.05, 0.1) is 12.7 Å². The normalized spacial score (nSPS) is 18.5. The van der Waals surface area contributed by atoms with Crippen LogP contribution in [-0.4, -0.2) is 36.3 Å². The molecule has 0 saturated carbocycles. The van der Waals surface area contributed by atoms with E-state index in [9.17, 15) is 9.90 Å². The van der Waals surface area contributed by atoms with Crippen LogP contribution in [0.25, 0.3) is 11.0 Å². The first-order valence-corrected chi connectivity index (χ1v) is 8.06. The van der Waals surface area contributed by atoms with E-state index in [0.29, 0.717) is 23.4 Å². The molecule has 3 heterocycles. The van der Waals surface area contributed by atoms with Crippen molar-refractivity contribution in [1.29, 1.82) is 0 Å². The van der Waals surface area contributed by atoms with Crippen molar-refractivity contribution in [3.63, 3.8) is 0 Å². The summed E-state index contributed by atoms with van der Waals surface area (Å²) in [6.07, 6.45) is 3.70. The van der Waals surface area contributed by atoms with Crippen LogP contribution in [0.3, 0.4) is 0 Å². The van der Waals surface area contributed by atoms with Gasteiger partial charge in [-0.05, 0) is 37.1 Å². The molecule has 0 aliphatic carbocycles. The predicted molar refractivity (Wildman–Crippen MR) is 89.6 cm³/mol. The van der Waals surface area contributed by atoms with Crippen molar-refractivity contribution in [3.05, 3.63) is 52.2 Å². The van der Waals surface area contributed by atoms with Gasteiger partial charge in [0.25, 0.3) is 5.56 Å². The maximum atomic E-state index is 12.2. The molecule has 7 nitrogen and oxygen atoms in total. The first-order valence-electron chi connectivity index (χ1n) is 8.06. The van der Waals surface area contributed by atoms with Gasteiger partial charge in [-0.3, -0.25) is 14.4 Å². The summed E-state index contributed by atoms with van der Waals surface area (Å²) in [6.45, 7) is 1.54. The molecule has 1 saturated heterocycles. The van der Waals surface area contributed by atoms with Gasteiger partial charge in [0.2, 0.25) is 0 Å². The second-order valence-corrected chi connectivity index (χ2v) is 6.24. The van der Waals surface area contributed by atoms with Crippen LogP contribution in [0, 0.1) is 0 Å². The highest BCUT2D eigenvalue weighted by Crippen LogP contribution is 2.33. The Morgan fingerprint density at radius 3 is 2.92 bits per heavy atom. The second kappa shape index (κ2) is 5.76. The third-order valence-electron chi connectivity index (χ3n) is 4.65. The van der Waals surface area contributed by atoms with E-state index in [0.717, 1.165) is 19.4 Å². The molecule has 0 radical (unpaired) electrons. The average molecular weight is 325 g/mol. The summed E-state index contributed by atoms with van der Waals surface area (Å²) < 4.78 is 1.62. The minimum Gasteiger partial charge on any atom is -0.508 e. The zero-order chi connectivity index (χ0) is 16.7. The number of nitrogens with one attached hydrogen (secondary N) is 1. The van der Waals surface area contributed by atoms with Gasteiger partial charge >= 0.3 is 0 Å². The smallest absolute Gasteiger partial charge is 0.262 e. The molecule has 1 aliphatic rings. The van der Waals surface area contributed by atoms with Crippen molar-refractivity contribution in [2.24, 2.45) is 7.05 Å². The minimum absolute atomic E-state index is 0.150. The second-order valence-electron chi connectivity index (χ2n) is 6.24. The van der Waals surface area contributed by atoms with Gasteiger partial charge in [0, 0.05) is 13.1 Å². The van der Waals surface area contributed by atoms with Crippen LogP contribution in [0.15, 0.2) is 35.3 Å². The van der Waals surface area contributed by atoms with E-state index in [2.05, 4.69) is 20.0 Å². The lowest BCUT2D eigenvalue weighted by Gasteiger charge is -2.24. The van der Waals surface area contributed by atoms with Crippen LogP contribution in [0.1, 0.15) is 30.3 Å². The highest BCUT2D eigenvalue weighted by Gasteiger charge is 2.26. The van der Waals surface area contributed by atoms with E-state index in [4.69, 9.17) is 0 Å². The van der Waals surface area contributed by atoms with Crippen LogP contribution >= 0.6 is 0 Å². The van der Waals surface area contributed by atoms with Crippen molar-refractivity contribution < 1.29 is 5.11 Å². The van der Waals surface area contributed by atoms with Crippen molar-refractivity contribution >= 4 is 11.0 Å². The molecule has 1 unspecified atom stereocenters. The standard InChI is InChI=1S/C17H19N5O2/c1-21-16-13(9-18-21)17(24)20-15(19-16)10-22-8-2-3-14(22)11-4-6-12(23)7-5-11/h4-7,9,14,23H,2-3,8,10H2,1H3,(H,19,20,24). The number of aromatic nitrogens is 4. The molecular formula is C17H19N5O2. The number of rotatable bonds is 3. The van der Waals surface area contributed by atoms with Gasteiger partial charge in [-0.2, -0.15) is 5.10 Å². The number of hydrogen-bond acceptors (Lipinski definition) is 5. The summed E-state index contributed by atoms with van der Waals surface area (Å²) in [4.78, 5) is 21.9. The molecule has 3 aromatic rings. The first kappa shape index (κ1) is 14.9. The topological polar surface area (TPSA) is 87.0 Å². The van der Waals surface area contributed by atoms with Crippen LogP contribution < -0.4 is 5.56 Å². The summed E-state index contributed by atoms with van der Waals surface area (Å²) in [5.74, 6) is 0.928. The van der Waals surface area contributed by atoms with Gasteiger partial charge in [-0.15, -0.1) is 0 Å². The number of likely N-dealkylation sites (tertiary alicyclic amines) is 1. The molecule has 1 atom stereocenters. The monoisotopic (exact) mass is 325 g/mol. The van der Waals surface area contributed by atoms with Crippen molar-refractivity contribution in [3.8, 4) is 5.75 Å². The van der Waals surface area contributed by atoms with Gasteiger partial charge < -0.3 is 10.1 Å². The van der Waals surface area contributed by atoms with E-state index in [1.165, 1.54) is 5.56 Å². The summed E-state index contributed by atoms with van der Waals surface area (Å²) in [5.41, 5.74) is 1.63. The third kappa shape index (κ3) is 2.56. The van der Waals surface area contributed by atoms with Crippen LogP contribution in [-0.2, 0) is 13.6 Å². The number of aromatic amines is 1. The fraction of sp³-hybridized carbons (Fsp3) is 0.353. The molecule has 0 spiro atoms. The first-order chi connectivity index (χ1) is 11.6. The largest absolute Gasteiger partial charge is 0.508 e. The van der Waals surface area contributed by atoms with Crippen molar-refractivity contribution in [2.75, 3.05) is 6.54 Å². The summed E-state index contributed by atoms with van der Waals surface area (Å²) in [7, 11) is 1.79. The van der Waals surface area contributed by atoms with E-state index in [-0.39, 0.29) is 17.4 Å². The van der Waals surface area contributed by atoms with E-state index in [1.54, 1.807) is 30.1 Å². The van der Waals surface area contributed by atoms with Crippen LogP contribution in [0.2, 0.25) is 0 Å². The Morgan fingerprint density at radius 1 is 1.33 bits per heavy atom. The molecular weight excluding hydrogens is 306 g/mol. The number of fused-ring (bicyclic) bond motifs is 1. The lowest BCUT2D eigenvalue weighted by atomic mass is 10.0. The van der Waals surface area contributed by atoms with E-state index < -0.39 is 0 Å². The molecule has 2 N–H and O–H groups in total. The minimum atomic E-state index is -0.150. The Balaban J connectivity index is 1.63. The Bertz CT molecular complexity index is 928. The van der Waals surface area contributed by atoms with E-state index >= 15 is 0 Å². The average Bonchev–Trinajstić information content (AvgIpc) is 3.16. The van der Waals surface area contributed by atoms with Crippen molar-refractivity contribution in [2.45, 2.75) is 25.4 Å². The van der Waals surface area contributed by atoms with Gasteiger partial charge in [0.1, 0.15) is 17.0 Å². The number of phenolic OH excluding ortho intramolecular Hbond substituents is 1. The van der Waals surface area contributed by atoms with Crippen LogP contribution in [0.4, 0.5) is 0 Å². The summed E-state index contributed by atoms with van der Waals surface area (Å²) >= 11 is 0.